The Morgan fingerprint density at radius 2 is 1.91 bits per heavy atom. The minimum absolute atomic E-state index is 0.206. The van der Waals surface area contributed by atoms with Gasteiger partial charge >= 0.3 is 0 Å². The number of hydrazine groups is 1. The van der Waals surface area contributed by atoms with E-state index in [0.717, 1.165) is 57.6 Å². The maximum absolute atomic E-state index is 12.3. The van der Waals surface area contributed by atoms with Gasteiger partial charge in [0.25, 0.3) is 0 Å². The predicted octanol–water partition coefficient (Wildman–Crippen LogP) is 1.35. The van der Waals surface area contributed by atoms with Crippen LogP contribution in [-0.4, -0.2) is 48.1 Å². The SMILES string of the molecule is O=C(CCCC1CNNC1)N1CCC(Oc2ccncc2)CC1. The highest BCUT2D eigenvalue weighted by molar-refractivity contribution is 5.76. The summed E-state index contributed by atoms with van der Waals surface area (Å²) >= 11 is 0. The number of ether oxygens (including phenoxy) is 1. The van der Waals surface area contributed by atoms with Gasteiger partial charge in [-0.05, 0) is 30.9 Å². The van der Waals surface area contributed by atoms with Crippen LogP contribution in [-0.2, 0) is 4.79 Å². The van der Waals surface area contributed by atoms with Gasteiger partial charge in [-0.1, -0.05) is 0 Å². The Hall–Kier alpha value is -1.66. The number of amides is 1. The molecule has 1 amide bonds. The average molecular weight is 318 g/mol. The van der Waals surface area contributed by atoms with E-state index < -0.39 is 0 Å². The molecule has 2 saturated heterocycles. The van der Waals surface area contributed by atoms with E-state index in [1.165, 1.54) is 0 Å². The number of likely N-dealkylation sites (tertiary alicyclic amines) is 1. The highest BCUT2D eigenvalue weighted by Crippen LogP contribution is 2.19. The molecule has 0 unspecified atom stereocenters. The molecule has 2 aliphatic rings. The number of carbonyl (C=O) groups excluding carboxylic acids is 1. The summed E-state index contributed by atoms with van der Waals surface area (Å²) in [6.07, 6.45) is 8.28. The molecule has 0 radical (unpaired) electrons. The first-order valence-electron chi connectivity index (χ1n) is 8.61. The van der Waals surface area contributed by atoms with Crippen LogP contribution in [0.15, 0.2) is 24.5 Å². The second-order valence-electron chi connectivity index (χ2n) is 6.40. The smallest absolute Gasteiger partial charge is 0.222 e. The lowest BCUT2D eigenvalue weighted by Gasteiger charge is -2.32. The summed E-state index contributed by atoms with van der Waals surface area (Å²) in [6.45, 7) is 3.65. The fourth-order valence-corrected chi connectivity index (χ4v) is 3.24. The second-order valence-corrected chi connectivity index (χ2v) is 6.40. The van der Waals surface area contributed by atoms with Gasteiger partial charge < -0.3 is 9.64 Å². The Morgan fingerprint density at radius 3 is 2.61 bits per heavy atom. The number of piperidine rings is 1. The largest absolute Gasteiger partial charge is 0.490 e. The molecule has 1 aromatic heterocycles. The molecular formula is C17H26N4O2. The summed E-state index contributed by atoms with van der Waals surface area (Å²) in [5, 5.41) is 0. The van der Waals surface area contributed by atoms with E-state index in [1.54, 1.807) is 12.4 Å². The van der Waals surface area contributed by atoms with Crippen LogP contribution in [0.3, 0.4) is 0 Å². The zero-order valence-electron chi connectivity index (χ0n) is 13.5. The van der Waals surface area contributed by atoms with Crippen molar-refractivity contribution in [3.05, 3.63) is 24.5 Å². The van der Waals surface area contributed by atoms with E-state index in [2.05, 4.69) is 15.8 Å². The van der Waals surface area contributed by atoms with Crippen LogP contribution in [0, 0.1) is 5.92 Å². The molecule has 1 aromatic rings. The third kappa shape index (κ3) is 4.91. The molecule has 0 saturated carbocycles. The Balaban J connectivity index is 1.34. The fraction of sp³-hybridized carbons (Fsp3) is 0.647. The van der Waals surface area contributed by atoms with Crippen molar-refractivity contribution in [2.75, 3.05) is 26.2 Å². The number of hydrogen-bond donors (Lipinski definition) is 2. The summed E-state index contributed by atoms with van der Waals surface area (Å²) in [5.41, 5.74) is 6.27. The van der Waals surface area contributed by atoms with Crippen molar-refractivity contribution in [1.29, 1.82) is 0 Å². The molecule has 6 nitrogen and oxygen atoms in total. The zero-order chi connectivity index (χ0) is 15.9. The quantitative estimate of drug-likeness (QED) is 0.829. The number of rotatable bonds is 6. The molecule has 0 spiro atoms. The molecule has 2 N–H and O–H groups in total. The molecule has 6 heteroatoms. The zero-order valence-corrected chi connectivity index (χ0v) is 13.5. The Bertz CT molecular complexity index is 483. The summed E-state index contributed by atoms with van der Waals surface area (Å²) in [6, 6.07) is 3.76. The van der Waals surface area contributed by atoms with Gasteiger partial charge in [0.15, 0.2) is 0 Å². The molecule has 0 aromatic carbocycles. The fourth-order valence-electron chi connectivity index (χ4n) is 3.24. The lowest BCUT2D eigenvalue weighted by atomic mass is 10.0. The summed E-state index contributed by atoms with van der Waals surface area (Å²) < 4.78 is 5.94. The Morgan fingerprint density at radius 1 is 1.22 bits per heavy atom. The first kappa shape index (κ1) is 16.2. The molecule has 23 heavy (non-hydrogen) atoms. The molecule has 3 heterocycles. The number of pyridine rings is 1. The number of nitrogens with one attached hydrogen (secondary N) is 2. The summed E-state index contributed by atoms with van der Waals surface area (Å²) in [5.74, 6) is 1.83. The molecule has 3 rings (SSSR count). The highest BCUT2D eigenvalue weighted by atomic mass is 16.5. The molecule has 2 fully saturated rings. The van der Waals surface area contributed by atoms with Crippen molar-refractivity contribution in [2.24, 2.45) is 5.92 Å². The van der Waals surface area contributed by atoms with E-state index in [9.17, 15) is 4.79 Å². The number of carbonyl (C=O) groups is 1. The van der Waals surface area contributed by atoms with E-state index in [4.69, 9.17) is 4.74 Å². The number of nitrogens with zero attached hydrogens (tertiary/aromatic N) is 2. The van der Waals surface area contributed by atoms with Gasteiger partial charge in [0, 0.05) is 57.8 Å². The third-order valence-corrected chi connectivity index (χ3v) is 4.66. The van der Waals surface area contributed by atoms with Crippen LogP contribution >= 0.6 is 0 Å². The second kappa shape index (κ2) is 8.26. The lowest BCUT2D eigenvalue weighted by Crippen LogP contribution is -2.41. The lowest BCUT2D eigenvalue weighted by molar-refractivity contribution is -0.133. The molecule has 0 bridgehead atoms. The van der Waals surface area contributed by atoms with Crippen LogP contribution in [0.1, 0.15) is 32.1 Å². The van der Waals surface area contributed by atoms with Crippen LogP contribution in [0.4, 0.5) is 0 Å². The maximum atomic E-state index is 12.3. The predicted molar refractivity (Wildman–Crippen MR) is 87.8 cm³/mol. The van der Waals surface area contributed by atoms with E-state index in [1.807, 2.05) is 17.0 Å². The topological polar surface area (TPSA) is 66.5 Å². The van der Waals surface area contributed by atoms with E-state index in [-0.39, 0.29) is 6.10 Å². The van der Waals surface area contributed by atoms with Crippen molar-refractivity contribution in [1.82, 2.24) is 20.7 Å². The van der Waals surface area contributed by atoms with Gasteiger partial charge in [-0.2, -0.15) is 0 Å². The van der Waals surface area contributed by atoms with Crippen molar-refractivity contribution < 1.29 is 9.53 Å². The summed E-state index contributed by atoms with van der Waals surface area (Å²) in [7, 11) is 0. The van der Waals surface area contributed by atoms with Crippen molar-refractivity contribution in [2.45, 2.75) is 38.2 Å². The van der Waals surface area contributed by atoms with Crippen molar-refractivity contribution in [3.8, 4) is 5.75 Å². The van der Waals surface area contributed by atoms with Crippen LogP contribution < -0.4 is 15.6 Å². The number of aromatic nitrogens is 1. The Kier molecular flexibility index (Phi) is 5.82. The van der Waals surface area contributed by atoms with Crippen molar-refractivity contribution >= 4 is 5.91 Å². The first-order valence-corrected chi connectivity index (χ1v) is 8.61. The maximum Gasteiger partial charge on any atom is 0.222 e. The average Bonchev–Trinajstić information content (AvgIpc) is 3.10. The van der Waals surface area contributed by atoms with Gasteiger partial charge in [-0.15, -0.1) is 0 Å². The molecule has 2 aliphatic heterocycles. The van der Waals surface area contributed by atoms with E-state index >= 15 is 0 Å². The highest BCUT2D eigenvalue weighted by Gasteiger charge is 2.24. The van der Waals surface area contributed by atoms with Crippen molar-refractivity contribution in [3.63, 3.8) is 0 Å². The molecule has 0 aliphatic carbocycles. The molecule has 0 atom stereocenters. The van der Waals surface area contributed by atoms with Gasteiger partial charge in [0.05, 0.1) is 0 Å². The standard InChI is InChI=1S/C17H26N4O2/c22-17(3-1-2-14-12-19-20-13-14)21-10-6-16(7-11-21)23-15-4-8-18-9-5-15/h4-5,8-9,14,16,19-20H,1-3,6-7,10-13H2. The normalized spacial score (nSPS) is 19.9. The van der Waals surface area contributed by atoms with Crippen LogP contribution in [0.25, 0.3) is 0 Å². The third-order valence-electron chi connectivity index (χ3n) is 4.66. The van der Waals surface area contributed by atoms with E-state index in [0.29, 0.717) is 18.2 Å². The van der Waals surface area contributed by atoms with Gasteiger partial charge in [0.1, 0.15) is 11.9 Å². The minimum Gasteiger partial charge on any atom is -0.490 e. The minimum atomic E-state index is 0.206. The Labute approximate surface area is 137 Å². The molecule has 126 valence electrons. The van der Waals surface area contributed by atoms with Gasteiger partial charge in [0.2, 0.25) is 5.91 Å². The van der Waals surface area contributed by atoms with Gasteiger partial charge in [-0.3, -0.25) is 20.6 Å². The first-order chi connectivity index (χ1) is 11.3. The monoisotopic (exact) mass is 318 g/mol. The van der Waals surface area contributed by atoms with Crippen LogP contribution in [0.5, 0.6) is 5.75 Å². The molecular weight excluding hydrogens is 292 g/mol. The number of hydrogen-bond acceptors (Lipinski definition) is 5. The summed E-state index contributed by atoms with van der Waals surface area (Å²) in [4.78, 5) is 18.3. The van der Waals surface area contributed by atoms with Gasteiger partial charge in [-0.25, -0.2) is 0 Å². The van der Waals surface area contributed by atoms with Crippen LogP contribution in [0.2, 0.25) is 0 Å².